The van der Waals surface area contributed by atoms with Crippen molar-refractivity contribution in [2.45, 2.75) is 23.3 Å². The molecule has 0 N–H and O–H groups in total. The van der Waals surface area contributed by atoms with Crippen LogP contribution in [0, 0.1) is 0 Å². The van der Waals surface area contributed by atoms with Gasteiger partial charge in [-0.05, 0) is 24.7 Å². The zero-order chi connectivity index (χ0) is 20.4. The summed E-state index contributed by atoms with van der Waals surface area (Å²) in [4.78, 5) is 17.6. The molecule has 0 aliphatic carbocycles. The highest BCUT2D eigenvalue weighted by molar-refractivity contribution is 7.91. The van der Waals surface area contributed by atoms with Crippen molar-refractivity contribution in [1.29, 1.82) is 0 Å². The fourth-order valence-corrected chi connectivity index (χ4v) is 5.34. The normalized spacial score (nSPS) is 15.7. The maximum atomic E-state index is 13.2. The third-order valence-electron chi connectivity index (χ3n) is 5.57. The summed E-state index contributed by atoms with van der Waals surface area (Å²) < 4.78 is 28.2. The maximum absolute atomic E-state index is 13.2. The number of carbonyl (C=O) groups excluding carboxylic acids is 1. The summed E-state index contributed by atoms with van der Waals surface area (Å²) in [5.74, 6) is 0.0187. The molecule has 0 radical (unpaired) electrons. The van der Waals surface area contributed by atoms with Crippen molar-refractivity contribution in [1.82, 2.24) is 14.4 Å². The molecule has 1 saturated heterocycles. The number of hydrogen-bond acceptors (Lipinski definition) is 4. The van der Waals surface area contributed by atoms with Crippen molar-refractivity contribution in [2.24, 2.45) is 0 Å². The number of benzene rings is 2. The fourth-order valence-electron chi connectivity index (χ4n) is 3.84. The Morgan fingerprint density at radius 1 is 0.931 bits per heavy atom. The number of aromatic nitrogens is 1. The Balaban J connectivity index is 1.66. The van der Waals surface area contributed by atoms with E-state index >= 15 is 0 Å². The van der Waals surface area contributed by atoms with Crippen LogP contribution in [0.5, 0.6) is 0 Å². The van der Waals surface area contributed by atoms with Gasteiger partial charge in [-0.2, -0.15) is 0 Å². The van der Waals surface area contributed by atoms with Gasteiger partial charge in [0.05, 0.1) is 9.79 Å². The summed E-state index contributed by atoms with van der Waals surface area (Å²) in [6.07, 6.45) is 1.60. The number of nitrogens with zero attached hydrogens (tertiary/aromatic N) is 3. The van der Waals surface area contributed by atoms with E-state index < -0.39 is 9.84 Å². The summed E-state index contributed by atoms with van der Waals surface area (Å²) in [5.41, 5.74) is 0.752. The van der Waals surface area contributed by atoms with E-state index in [1.807, 2.05) is 23.1 Å². The number of piperazine rings is 1. The Morgan fingerprint density at radius 2 is 1.59 bits per heavy atom. The lowest BCUT2D eigenvalue weighted by atomic mass is 10.2. The highest BCUT2D eigenvalue weighted by Gasteiger charge is 2.25. The molecule has 1 aliphatic heterocycles. The van der Waals surface area contributed by atoms with Crippen molar-refractivity contribution in [3.63, 3.8) is 0 Å². The van der Waals surface area contributed by atoms with Crippen LogP contribution in [0.1, 0.15) is 6.92 Å². The third kappa shape index (κ3) is 3.80. The van der Waals surface area contributed by atoms with Crippen molar-refractivity contribution in [3.05, 3.63) is 60.8 Å². The Labute approximate surface area is 171 Å². The number of fused-ring (bicyclic) bond motifs is 1. The van der Waals surface area contributed by atoms with Gasteiger partial charge in [0.25, 0.3) is 0 Å². The SMILES string of the molecule is CCN1CCN(C(=O)Cn2cc(S(=O)(=O)c3ccccc3)c3ccccc32)CC1. The number of para-hydroxylation sites is 1. The van der Waals surface area contributed by atoms with E-state index in [0.717, 1.165) is 25.2 Å². The maximum Gasteiger partial charge on any atom is 0.242 e. The minimum Gasteiger partial charge on any atom is -0.339 e. The van der Waals surface area contributed by atoms with E-state index in [-0.39, 0.29) is 22.2 Å². The molecular formula is C22H25N3O3S. The van der Waals surface area contributed by atoms with E-state index in [0.29, 0.717) is 18.5 Å². The molecule has 1 aromatic heterocycles. The van der Waals surface area contributed by atoms with Gasteiger partial charge in [-0.15, -0.1) is 0 Å². The molecule has 0 spiro atoms. The highest BCUT2D eigenvalue weighted by atomic mass is 32.2. The van der Waals surface area contributed by atoms with Crippen molar-refractivity contribution >= 4 is 26.6 Å². The van der Waals surface area contributed by atoms with Crippen LogP contribution in [0.15, 0.2) is 70.6 Å². The fraction of sp³-hybridized carbons (Fsp3) is 0.318. The largest absolute Gasteiger partial charge is 0.339 e. The van der Waals surface area contributed by atoms with Gasteiger partial charge in [-0.25, -0.2) is 8.42 Å². The minimum atomic E-state index is -3.67. The third-order valence-corrected chi connectivity index (χ3v) is 7.37. The van der Waals surface area contributed by atoms with Gasteiger partial charge in [0.2, 0.25) is 15.7 Å². The van der Waals surface area contributed by atoms with Gasteiger partial charge in [-0.3, -0.25) is 4.79 Å². The first-order valence-corrected chi connectivity index (χ1v) is 11.4. The number of likely N-dealkylation sites (N-methyl/N-ethyl adjacent to an activating group) is 1. The standard InChI is InChI=1S/C22H25N3O3S/c1-2-23-12-14-24(15-13-23)22(26)17-25-16-21(19-10-6-7-11-20(19)25)29(27,28)18-8-4-3-5-9-18/h3-11,16H,2,12-15,17H2,1H3. The van der Waals surface area contributed by atoms with Crippen LogP contribution in [-0.2, 0) is 21.2 Å². The van der Waals surface area contributed by atoms with Gasteiger partial charge in [-0.1, -0.05) is 43.3 Å². The monoisotopic (exact) mass is 411 g/mol. The molecule has 2 heterocycles. The van der Waals surface area contributed by atoms with E-state index in [1.165, 1.54) is 0 Å². The zero-order valence-electron chi connectivity index (χ0n) is 16.5. The summed E-state index contributed by atoms with van der Waals surface area (Å²) in [6, 6.07) is 15.8. The van der Waals surface area contributed by atoms with Gasteiger partial charge in [0, 0.05) is 43.3 Å². The quantitative estimate of drug-likeness (QED) is 0.648. The Hall–Kier alpha value is -2.64. The summed E-state index contributed by atoms with van der Waals surface area (Å²) in [7, 11) is -3.67. The molecule has 0 unspecified atom stereocenters. The Morgan fingerprint density at radius 3 is 2.28 bits per heavy atom. The molecule has 7 heteroatoms. The second-order valence-corrected chi connectivity index (χ2v) is 9.19. The second kappa shape index (κ2) is 8.00. The number of hydrogen-bond donors (Lipinski definition) is 0. The molecular weight excluding hydrogens is 386 g/mol. The lowest BCUT2D eigenvalue weighted by molar-refractivity contribution is -0.133. The molecule has 1 fully saturated rings. The first-order valence-electron chi connectivity index (χ1n) is 9.89. The van der Waals surface area contributed by atoms with E-state index in [2.05, 4.69) is 11.8 Å². The Kier molecular flexibility index (Phi) is 5.43. The summed E-state index contributed by atoms with van der Waals surface area (Å²) >= 11 is 0. The van der Waals surface area contributed by atoms with Crippen molar-refractivity contribution < 1.29 is 13.2 Å². The first kappa shape index (κ1) is 19.7. The minimum absolute atomic E-state index is 0.0187. The van der Waals surface area contributed by atoms with E-state index in [1.54, 1.807) is 47.2 Å². The van der Waals surface area contributed by atoms with Crippen LogP contribution in [0.4, 0.5) is 0 Å². The molecule has 1 amide bonds. The number of rotatable bonds is 5. The Bertz CT molecular complexity index is 1110. The summed E-state index contributed by atoms with van der Waals surface area (Å²) in [5, 5.41) is 0.639. The molecule has 4 rings (SSSR count). The lowest BCUT2D eigenvalue weighted by Crippen LogP contribution is -2.49. The second-order valence-electron chi connectivity index (χ2n) is 7.27. The van der Waals surface area contributed by atoms with Gasteiger partial charge < -0.3 is 14.4 Å². The smallest absolute Gasteiger partial charge is 0.242 e. The van der Waals surface area contributed by atoms with Crippen molar-refractivity contribution in [2.75, 3.05) is 32.7 Å². The van der Waals surface area contributed by atoms with Crippen LogP contribution in [0.25, 0.3) is 10.9 Å². The van der Waals surface area contributed by atoms with E-state index in [9.17, 15) is 13.2 Å². The van der Waals surface area contributed by atoms with Crippen LogP contribution >= 0.6 is 0 Å². The van der Waals surface area contributed by atoms with Gasteiger partial charge in [0.1, 0.15) is 6.54 Å². The molecule has 0 bridgehead atoms. The van der Waals surface area contributed by atoms with E-state index in [4.69, 9.17) is 0 Å². The summed E-state index contributed by atoms with van der Waals surface area (Å²) in [6.45, 7) is 6.42. The van der Waals surface area contributed by atoms with Crippen molar-refractivity contribution in [3.8, 4) is 0 Å². The van der Waals surface area contributed by atoms with Crippen LogP contribution < -0.4 is 0 Å². The van der Waals surface area contributed by atoms with Gasteiger partial charge in [0.15, 0.2) is 0 Å². The average Bonchev–Trinajstić information content (AvgIpc) is 3.14. The molecule has 6 nitrogen and oxygen atoms in total. The topological polar surface area (TPSA) is 62.6 Å². The number of carbonyl (C=O) groups is 1. The molecule has 152 valence electrons. The number of amides is 1. The van der Waals surface area contributed by atoms with Crippen LogP contribution in [0.2, 0.25) is 0 Å². The molecule has 3 aromatic rings. The van der Waals surface area contributed by atoms with Gasteiger partial charge >= 0.3 is 0 Å². The molecule has 2 aromatic carbocycles. The van der Waals surface area contributed by atoms with Crippen LogP contribution in [-0.4, -0.2) is 61.4 Å². The highest BCUT2D eigenvalue weighted by Crippen LogP contribution is 2.30. The predicted octanol–water partition coefficient (Wildman–Crippen LogP) is 2.64. The zero-order valence-corrected chi connectivity index (χ0v) is 17.3. The molecule has 29 heavy (non-hydrogen) atoms. The lowest BCUT2D eigenvalue weighted by Gasteiger charge is -2.34. The number of sulfone groups is 1. The average molecular weight is 412 g/mol. The molecule has 0 saturated carbocycles. The first-order chi connectivity index (χ1) is 14.0. The predicted molar refractivity (Wildman–Crippen MR) is 113 cm³/mol. The molecule has 1 aliphatic rings. The van der Waals surface area contributed by atoms with Crippen LogP contribution in [0.3, 0.4) is 0 Å². The molecule has 0 atom stereocenters.